The van der Waals surface area contributed by atoms with Crippen LogP contribution in [0.2, 0.25) is 0 Å². The highest BCUT2D eigenvalue weighted by molar-refractivity contribution is 5.68. The quantitative estimate of drug-likeness (QED) is 0.505. The van der Waals surface area contributed by atoms with Gasteiger partial charge in [0.2, 0.25) is 0 Å². The van der Waals surface area contributed by atoms with E-state index in [0.717, 1.165) is 44.4 Å². The van der Waals surface area contributed by atoms with E-state index in [1.807, 2.05) is 20.8 Å². The monoisotopic (exact) mass is 491 g/mol. The van der Waals surface area contributed by atoms with Crippen molar-refractivity contribution in [3.8, 4) is 11.5 Å². The molecule has 1 amide bonds. The fraction of sp³-hybridized carbons (Fsp3) is 0.538. The molecule has 0 N–H and O–H groups in total. The standard InChI is InChI=1S/C26H32F3N3O3/c1-24(2,3)35-23(33)31-14-10-25(11-15-31)9-5-13-32(25)18-19-7-8-20(26(27,28)29)16-22(19)34-21-6-4-12-30-17-21/h4,6-8,12,16-17H,5,9-11,13-15,18H2,1-3H3. The minimum absolute atomic E-state index is 0.0905. The molecule has 0 aliphatic carbocycles. The van der Waals surface area contributed by atoms with E-state index in [9.17, 15) is 18.0 Å². The van der Waals surface area contributed by atoms with Gasteiger partial charge in [-0.25, -0.2) is 4.79 Å². The summed E-state index contributed by atoms with van der Waals surface area (Å²) in [6.07, 6.45) is 1.89. The summed E-state index contributed by atoms with van der Waals surface area (Å²) in [5.74, 6) is 0.566. The highest BCUT2D eigenvalue weighted by Crippen LogP contribution is 2.42. The first-order valence-electron chi connectivity index (χ1n) is 12.0. The lowest BCUT2D eigenvalue weighted by Crippen LogP contribution is -2.53. The molecule has 2 aromatic rings. The summed E-state index contributed by atoms with van der Waals surface area (Å²) in [6, 6.07) is 7.03. The first-order chi connectivity index (χ1) is 16.5. The Morgan fingerprint density at radius 1 is 1.09 bits per heavy atom. The Morgan fingerprint density at radius 2 is 1.83 bits per heavy atom. The number of rotatable bonds is 4. The lowest BCUT2D eigenvalue weighted by molar-refractivity contribution is -0.137. The van der Waals surface area contributed by atoms with Gasteiger partial charge in [-0.05, 0) is 77.3 Å². The van der Waals surface area contributed by atoms with Gasteiger partial charge in [-0.1, -0.05) is 6.07 Å². The molecule has 0 unspecified atom stereocenters. The maximum Gasteiger partial charge on any atom is 0.416 e. The lowest BCUT2D eigenvalue weighted by Gasteiger charge is -2.45. The van der Waals surface area contributed by atoms with Gasteiger partial charge >= 0.3 is 12.3 Å². The van der Waals surface area contributed by atoms with Gasteiger partial charge in [-0.15, -0.1) is 0 Å². The van der Waals surface area contributed by atoms with Crippen LogP contribution in [0.15, 0.2) is 42.7 Å². The highest BCUT2D eigenvalue weighted by Gasteiger charge is 2.44. The van der Waals surface area contributed by atoms with Gasteiger partial charge in [-0.2, -0.15) is 13.2 Å². The number of nitrogens with zero attached hydrogens (tertiary/aromatic N) is 3. The number of hydrogen-bond acceptors (Lipinski definition) is 5. The summed E-state index contributed by atoms with van der Waals surface area (Å²) in [5, 5.41) is 0. The van der Waals surface area contributed by atoms with Crippen LogP contribution in [-0.2, 0) is 17.5 Å². The highest BCUT2D eigenvalue weighted by atomic mass is 19.4. The van der Waals surface area contributed by atoms with Crippen LogP contribution in [0.3, 0.4) is 0 Å². The van der Waals surface area contributed by atoms with Crippen LogP contribution in [0.25, 0.3) is 0 Å². The van der Waals surface area contributed by atoms with Crippen molar-refractivity contribution in [3.05, 3.63) is 53.9 Å². The third-order valence-electron chi connectivity index (χ3n) is 6.70. The van der Waals surface area contributed by atoms with E-state index in [1.54, 1.807) is 23.2 Å². The Labute approximate surface area is 204 Å². The summed E-state index contributed by atoms with van der Waals surface area (Å²) in [4.78, 5) is 20.6. The Hall–Kier alpha value is -2.81. The minimum atomic E-state index is -4.46. The predicted octanol–water partition coefficient (Wildman–Crippen LogP) is 6.26. The van der Waals surface area contributed by atoms with Crippen LogP contribution in [0.4, 0.5) is 18.0 Å². The lowest BCUT2D eigenvalue weighted by atomic mass is 9.84. The normalized spacial score (nSPS) is 18.6. The van der Waals surface area contributed by atoms with Gasteiger partial charge in [-0.3, -0.25) is 9.88 Å². The van der Waals surface area contributed by atoms with Crippen molar-refractivity contribution in [2.75, 3.05) is 19.6 Å². The minimum Gasteiger partial charge on any atom is -0.455 e. The molecule has 3 heterocycles. The number of aromatic nitrogens is 1. The Morgan fingerprint density at radius 3 is 2.46 bits per heavy atom. The average molecular weight is 492 g/mol. The van der Waals surface area contributed by atoms with Crippen molar-refractivity contribution in [1.29, 1.82) is 0 Å². The fourth-order valence-electron chi connectivity index (χ4n) is 4.94. The number of pyridine rings is 1. The van der Waals surface area contributed by atoms with E-state index in [4.69, 9.17) is 9.47 Å². The molecule has 1 spiro atoms. The molecule has 0 atom stereocenters. The van der Waals surface area contributed by atoms with Gasteiger partial charge in [0.1, 0.15) is 17.1 Å². The summed E-state index contributed by atoms with van der Waals surface area (Å²) in [6.45, 7) is 8.06. The largest absolute Gasteiger partial charge is 0.455 e. The molecular weight excluding hydrogens is 459 g/mol. The third-order valence-corrected chi connectivity index (χ3v) is 6.70. The molecule has 35 heavy (non-hydrogen) atoms. The summed E-state index contributed by atoms with van der Waals surface area (Å²) in [5.41, 5.74) is -0.689. The summed E-state index contributed by atoms with van der Waals surface area (Å²) >= 11 is 0. The molecule has 0 bridgehead atoms. The number of piperidine rings is 1. The zero-order valence-corrected chi connectivity index (χ0v) is 20.4. The smallest absolute Gasteiger partial charge is 0.416 e. The Kier molecular flexibility index (Phi) is 6.99. The maximum atomic E-state index is 13.4. The Bertz CT molecular complexity index is 1030. The van der Waals surface area contributed by atoms with Crippen molar-refractivity contribution in [2.45, 2.75) is 70.3 Å². The molecular formula is C26H32F3N3O3. The molecule has 4 rings (SSSR count). The Balaban J connectivity index is 1.51. The summed E-state index contributed by atoms with van der Waals surface area (Å²) < 4.78 is 51.6. The number of halogens is 3. The number of amides is 1. The first-order valence-corrected chi connectivity index (χ1v) is 12.0. The van der Waals surface area contributed by atoms with Crippen LogP contribution in [0.5, 0.6) is 11.5 Å². The van der Waals surface area contributed by atoms with Crippen molar-refractivity contribution in [3.63, 3.8) is 0 Å². The van der Waals surface area contributed by atoms with Crippen molar-refractivity contribution in [2.24, 2.45) is 0 Å². The van der Waals surface area contributed by atoms with E-state index in [-0.39, 0.29) is 17.4 Å². The van der Waals surface area contributed by atoms with E-state index in [0.29, 0.717) is 30.9 Å². The van der Waals surface area contributed by atoms with Gasteiger partial charge in [0.15, 0.2) is 0 Å². The number of alkyl halides is 3. The topological polar surface area (TPSA) is 54.9 Å². The van der Waals surface area contributed by atoms with Crippen molar-refractivity contribution >= 4 is 6.09 Å². The second-order valence-corrected chi connectivity index (χ2v) is 10.3. The molecule has 0 saturated carbocycles. The van der Waals surface area contributed by atoms with Crippen LogP contribution >= 0.6 is 0 Å². The van der Waals surface area contributed by atoms with Crippen molar-refractivity contribution < 1.29 is 27.4 Å². The number of carbonyl (C=O) groups is 1. The number of ether oxygens (including phenoxy) is 2. The van der Waals surface area contributed by atoms with Crippen LogP contribution in [-0.4, -0.2) is 51.7 Å². The zero-order valence-electron chi connectivity index (χ0n) is 20.4. The molecule has 2 fully saturated rings. The van der Waals surface area contributed by atoms with Crippen LogP contribution in [0, 0.1) is 0 Å². The molecule has 2 aliphatic heterocycles. The zero-order chi connectivity index (χ0) is 25.3. The SMILES string of the molecule is CC(C)(C)OC(=O)N1CCC2(CCCN2Cc2ccc(C(F)(F)F)cc2Oc2cccnc2)CC1. The number of likely N-dealkylation sites (tertiary alicyclic amines) is 2. The maximum absolute atomic E-state index is 13.4. The number of hydrogen-bond donors (Lipinski definition) is 0. The van der Waals surface area contributed by atoms with Crippen LogP contribution < -0.4 is 4.74 Å². The van der Waals surface area contributed by atoms with Gasteiger partial charge in [0.05, 0.1) is 11.8 Å². The van der Waals surface area contributed by atoms with E-state index >= 15 is 0 Å². The van der Waals surface area contributed by atoms with E-state index in [1.165, 1.54) is 12.3 Å². The van der Waals surface area contributed by atoms with Crippen molar-refractivity contribution in [1.82, 2.24) is 14.8 Å². The van der Waals surface area contributed by atoms with Gasteiger partial charge in [0, 0.05) is 36.9 Å². The second kappa shape index (κ2) is 9.68. The molecule has 9 heteroatoms. The summed E-state index contributed by atoms with van der Waals surface area (Å²) in [7, 11) is 0. The number of benzene rings is 1. The first kappa shape index (κ1) is 25.3. The number of carbonyl (C=O) groups excluding carboxylic acids is 1. The third kappa shape index (κ3) is 6.07. The van der Waals surface area contributed by atoms with Crippen LogP contribution in [0.1, 0.15) is 57.6 Å². The van der Waals surface area contributed by atoms with Gasteiger partial charge in [0.25, 0.3) is 0 Å². The molecule has 190 valence electrons. The molecule has 6 nitrogen and oxygen atoms in total. The molecule has 0 radical (unpaired) electrons. The molecule has 2 aliphatic rings. The van der Waals surface area contributed by atoms with E-state index < -0.39 is 17.3 Å². The second-order valence-electron chi connectivity index (χ2n) is 10.3. The average Bonchev–Trinajstić information content (AvgIpc) is 3.15. The predicted molar refractivity (Wildman–Crippen MR) is 125 cm³/mol. The molecule has 1 aromatic carbocycles. The molecule has 2 saturated heterocycles. The van der Waals surface area contributed by atoms with Gasteiger partial charge < -0.3 is 14.4 Å². The molecule has 1 aromatic heterocycles. The van der Waals surface area contributed by atoms with E-state index in [2.05, 4.69) is 9.88 Å². The fourth-order valence-corrected chi connectivity index (χ4v) is 4.94.